The molecule has 5 heteroatoms. The van der Waals surface area contributed by atoms with E-state index in [-0.39, 0.29) is 5.82 Å². The molecule has 3 rings (SSSR count). The number of hydrogen-bond acceptors (Lipinski definition) is 3. The number of hydrogen-bond donors (Lipinski definition) is 1. The Morgan fingerprint density at radius 3 is 2.82 bits per heavy atom. The lowest BCUT2D eigenvalue weighted by atomic mass is 10.2. The zero-order valence-electron chi connectivity index (χ0n) is 9.10. The third-order valence-corrected chi connectivity index (χ3v) is 2.77. The highest BCUT2D eigenvalue weighted by atomic mass is 19.1. The number of nitrogens with zero attached hydrogens (tertiary/aromatic N) is 3. The van der Waals surface area contributed by atoms with Crippen molar-refractivity contribution < 1.29 is 4.39 Å². The number of aromatic nitrogens is 3. The maximum atomic E-state index is 13.3. The van der Waals surface area contributed by atoms with Crippen molar-refractivity contribution >= 4 is 16.6 Å². The molecule has 0 atom stereocenters. The topological polar surface area (TPSA) is 56.2 Å². The summed E-state index contributed by atoms with van der Waals surface area (Å²) in [6.45, 7) is 0.493. The monoisotopic (exact) mass is 230 g/mol. The Bertz CT molecular complexity index is 689. The Balaban J connectivity index is 2.42. The summed E-state index contributed by atoms with van der Waals surface area (Å²) >= 11 is 0. The van der Waals surface area contributed by atoms with Gasteiger partial charge in [-0.1, -0.05) is 0 Å². The Labute approximate surface area is 96.9 Å². The first-order valence-corrected chi connectivity index (χ1v) is 5.42. The summed E-state index contributed by atoms with van der Waals surface area (Å²) in [5.74, 6) is 0.496. The molecule has 4 nitrogen and oxygen atoms in total. The van der Waals surface area contributed by atoms with E-state index in [1.165, 1.54) is 12.1 Å². The highest BCUT2D eigenvalue weighted by molar-refractivity contribution is 5.82. The van der Waals surface area contributed by atoms with Gasteiger partial charge >= 0.3 is 0 Å². The summed E-state index contributed by atoms with van der Waals surface area (Å²) in [5.41, 5.74) is 7.02. The molecule has 0 radical (unpaired) electrons. The van der Waals surface area contributed by atoms with Gasteiger partial charge < -0.3 is 5.73 Å². The number of rotatable bonds is 2. The summed E-state index contributed by atoms with van der Waals surface area (Å²) < 4.78 is 15.2. The molecule has 1 aromatic carbocycles. The number of benzene rings is 1. The molecule has 2 aromatic heterocycles. The molecule has 0 aliphatic heterocycles. The van der Waals surface area contributed by atoms with Gasteiger partial charge in [-0.25, -0.2) is 4.39 Å². The van der Waals surface area contributed by atoms with Crippen LogP contribution in [0.5, 0.6) is 0 Å². The average Bonchev–Trinajstić information content (AvgIpc) is 2.73. The molecule has 0 fully saturated rings. The van der Waals surface area contributed by atoms with Gasteiger partial charge in [-0.3, -0.25) is 4.40 Å². The molecule has 2 heterocycles. The Morgan fingerprint density at radius 1 is 1.18 bits per heavy atom. The van der Waals surface area contributed by atoms with E-state index in [4.69, 9.17) is 5.73 Å². The number of nitrogens with two attached hydrogens (primary N) is 1. The standard InChI is InChI=1S/C12H11FN4/c13-9-3-1-8-2-4-11-15-16-12(5-6-14)17(11)10(8)7-9/h1-4,7H,5-6,14H2. The van der Waals surface area contributed by atoms with E-state index in [0.717, 1.165) is 16.7 Å². The van der Waals surface area contributed by atoms with Crippen LogP contribution in [0.3, 0.4) is 0 Å². The maximum Gasteiger partial charge on any atom is 0.161 e. The van der Waals surface area contributed by atoms with Gasteiger partial charge in [0.1, 0.15) is 11.6 Å². The second-order valence-electron chi connectivity index (χ2n) is 3.88. The minimum atomic E-state index is -0.266. The summed E-state index contributed by atoms with van der Waals surface area (Å²) in [6, 6.07) is 8.46. The zero-order chi connectivity index (χ0) is 11.8. The second-order valence-corrected chi connectivity index (χ2v) is 3.88. The highest BCUT2D eigenvalue weighted by Crippen LogP contribution is 2.18. The minimum Gasteiger partial charge on any atom is -0.330 e. The molecule has 17 heavy (non-hydrogen) atoms. The van der Waals surface area contributed by atoms with E-state index in [9.17, 15) is 4.39 Å². The predicted molar refractivity (Wildman–Crippen MR) is 63.2 cm³/mol. The van der Waals surface area contributed by atoms with Crippen LogP contribution in [-0.4, -0.2) is 21.1 Å². The van der Waals surface area contributed by atoms with Crippen molar-refractivity contribution in [2.24, 2.45) is 5.73 Å². The van der Waals surface area contributed by atoms with Crippen LogP contribution in [0, 0.1) is 5.82 Å². The Hall–Kier alpha value is -2.01. The Kier molecular flexibility index (Phi) is 2.26. The van der Waals surface area contributed by atoms with Gasteiger partial charge in [0.25, 0.3) is 0 Å². The quantitative estimate of drug-likeness (QED) is 0.726. The molecule has 0 bridgehead atoms. The van der Waals surface area contributed by atoms with Gasteiger partial charge in [-0.15, -0.1) is 10.2 Å². The first-order chi connectivity index (χ1) is 8.29. The van der Waals surface area contributed by atoms with Crippen molar-refractivity contribution in [1.29, 1.82) is 0 Å². The van der Waals surface area contributed by atoms with Gasteiger partial charge in [0, 0.05) is 6.42 Å². The first kappa shape index (κ1) is 10.2. The first-order valence-electron chi connectivity index (χ1n) is 5.42. The molecular weight excluding hydrogens is 219 g/mol. The summed E-state index contributed by atoms with van der Waals surface area (Å²) in [5, 5.41) is 9.08. The van der Waals surface area contributed by atoms with Crippen LogP contribution >= 0.6 is 0 Å². The number of halogens is 1. The van der Waals surface area contributed by atoms with E-state index in [2.05, 4.69) is 10.2 Å². The van der Waals surface area contributed by atoms with Crippen LogP contribution in [0.2, 0.25) is 0 Å². The average molecular weight is 230 g/mol. The van der Waals surface area contributed by atoms with E-state index in [1.54, 1.807) is 6.07 Å². The van der Waals surface area contributed by atoms with Gasteiger partial charge in [0.15, 0.2) is 5.65 Å². The van der Waals surface area contributed by atoms with E-state index in [1.807, 2.05) is 16.5 Å². The summed E-state index contributed by atoms with van der Waals surface area (Å²) in [7, 11) is 0. The highest BCUT2D eigenvalue weighted by Gasteiger charge is 2.08. The molecule has 0 unspecified atom stereocenters. The van der Waals surface area contributed by atoms with Gasteiger partial charge in [-0.2, -0.15) is 0 Å². The second kappa shape index (κ2) is 3.78. The molecule has 0 saturated heterocycles. The van der Waals surface area contributed by atoms with Crippen LogP contribution in [0.15, 0.2) is 30.3 Å². The molecule has 3 aromatic rings. The van der Waals surface area contributed by atoms with Gasteiger partial charge in [-0.05, 0) is 42.3 Å². The van der Waals surface area contributed by atoms with Crippen molar-refractivity contribution in [3.8, 4) is 0 Å². The number of fused-ring (bicyclic) bond motifs is 3. The fourth-order valence-electron chi connectivity index (χ4n) is 2.01. The van der Waals surface area contributed by atoms with Crippen molar-refractivity contribution in [1.82, 2.24) is 14.6 Å². The maximum absolute atomic E-state index is 13.3. The third-order valence-electron chi connectivity index (χ3n) is 2.77. The Morgan fingerprint density at radius 2 is 2.00 bits per heavy atom. The smallest absolute Gasteiger partial charge is 0.161 e. The minimum absolute atomic E-state index is 0.266. The molecule has 0 saturated carbocycles. The van der Waals surface area contributed by atoms with Crippen LogP contribution in [0.25, 0.3) is 16.6 Å². The van der Waals surface area contributed by atoms with Crippen LogP contribution in [0.4, 0.5) is 4.39 Å². The van der Waals surface area contributed by atoms with Crippen molar-refractivity contribution in [3.63, 3.8) is 0 Å². The van der Waals surface area contributed by atoms with E-state index < -0.39 is 0 Å². The van der Waals surface area contributed by atoms with Crippen LogP contribution < -0.4 is 5.73 Å². The molecule has 0 aliphatic rings. The molecule has 0 amide bonds. The normalized spacial score (nSPS) is 11.4. The molecule has 0 aliphatic carbocycles. The van der Waals surface area contributed by atoms with Gasteiger partial charge in [0.05, 0.1) is 5.52 Å². The molecule has 0 spiro atoms. The third kappa shape index (κ3) is 1.55. The molecule has 86 valence electrons. The molecular formula is C12H11FN4. The van der Waals surface area contributed by atoms with Crippen LogP contribution in [-0.2, 0) is 6.42 Å². The number of pyridine rings is 1. The van der Waals surface area contributed by atoms with E-state index in [0.29, 0.717) is 18.6 Å². The van der Waals surface area contributed by atoms with Crippen LogP contribution in [0.1, 0.15) is 5.82 Å². The zero-order valence-corrected chi connectivity index (χ0v) is 9.10. The van der Waals surface area contributed by atoms with Gasteiger partial charge in [0.2, 0.25) is 0 Å². The van der Waals surface area contributed by atoms with E-state index >= 15 is 0 Å². The van der Waals surface area contributed by atoms with Crippen molar-refractivity contribution in [2.75, 3.05) is 6.54 Å². The fourth-order valence-corrected chi connectivity index (χ4v) is 2.01. The fraction of sp³-hybridized carbons (Fsp3) is 0.167. The molecule has 2 N–H and O–H groups in total. The summed E-state index contributed by atoms with van der Waals surface area (Å²) in [4.78, 5) is 0. The van der Waals surface area contributed by atoms with Crippen molar-refractivity contribution in [2.45, 2.75) is 6.42 Å². The lowest BCUT2D eigenvalue weighted by molar-refractivity contribution is 0.629. The summed E-state index contributed by atoms with van der Waals surface area (Å²) in [6.07, 6.45) is 0.622. The lowest BCUT2D eigenvalue weighted by Gasteiger charge is -2.04. The SMILES string of the molecule is NCCc1nnc2ccc3ccc(F)cc3n12. The predicted octanol–water partition coefficient (Wildman–Crippen LogP) is 1.52. The van der Waals surface area contributed by atoms with Crippen molar-refractivity contribution in [3.05, 3.63) is 42.0 Å². The lowest BCUT2D eigenvalue weighted by Crippen LogP contribution is -2.06. The largest absolute Gasteiger partial charge is 0.330 e.